The van der Waals surface area contributed by atoms with Crippen molar-refractivity contribution in [1.29, 1.82) is 0 Å². The van der Waals surface area contributed by atoms with Crippen molar-refractivity contribution in [3.63, 3.8) is 0 Å². The Hall–Kier alpha value is -1.56. The Balaban J connectivity index is 1.55. The number of amides is 1. The molecule has 0 aromatic carbocycles. The van der Waals surface area contributed by atoms with Gasteiger partial charge in [0.1, 0.15) is 12.0 Å². The van der Waals surface area contributed by atoms with E-state index in [-0.39, 0.29) is 0 Å². The highest BCUT2D eigenvalue weighted by molar-refractivity contribution is 6.32. The van der Waals surface area contributed by atoms with Crippen LogP contribution in [0.15, 0.2) is 6.33 Å². The van der Waals surface area contributed by atoms with Crippen LogP contribution in [0.2, 0.25) is 5.15 Å². The molecule has 24 heavy (non-hydrogen) atoms. The lowest BCUT2D eigenvalue weighted by Crippen LogP contribution is -2.49. The number of carbonyl (C=O) groups is 1. The standard InChI is InChI=1S/C17H26ClN5O/c1-19-15-16(18)20-12-21-17(15)23-9-7-22(8-10-23)14(24)11-13-5-3-2-4-6-13/h12-13,19H,2-11H2,1H3. The van der Waals surface area contributed by atoms with Gasteiger partial charge in [-0.05, 0) is 18.8 Å². The van der Waals surface area contributed by atoms with Gasteiger partial charge in [-0.2, -0.15) is 0 Å². The van der Waals surface area contributed by atoms with Gasteiger partial charge in [-0.1, -0.05) is 30.9 Å². The van der Waals surface area contributed by atoms with Crippen LogP contribution in [-0.4, -0.2) is 54.0 Å². The predicted molar refractivity (Wildman–Crippen MR) is 96.6 cm³/mol. The van der Waals surface area contributed by atoms with E-state index in [1.807, 2.05) is 11.9 Å². The number of hydrogen-bond donors (Lipinski definition) is 1. The Morgan fingerprint density at radius 2 is 1.92 bits per heavy atom. The Morgan fingerprint density at radius 1 is 1.21 bits per heavy atom. The van der Waals surface area contributed by atoms with Gasteiger partial charge in [0.25, 0.3) is 0 Å². The van der Waals surface area contributed by atoms with Crippen molar-refractivity contribution in [3.8, 4) is 0 Å². The molecule has 1 aliphatic heterocycles. The van der Waals surface area contributed by atoms with Crippen molar-refractivity contribution in [3.05, 3.63) is 11.5 Å². The van der Waals surface area contributed by atoms with Crippen LogP contribution in [0.4, 0.5) is 11.5 Å². The molecular weight excluding hydrogens is 326 g/mol. The molecular formula is C17H26ClN5O. The lowest BCUT2D eigenvalue weighted by Gasteiger charge is -2.37. The highest BCUT2D eigenvalue weighted by Gasteiger charge is 2.26. The summed E-state index contributed by atoms with van der Waals surface area (Å²) in [5.41, 5.74) is 0.751. The van der Waals surface area contributed by atoms with Crippen LogP contribution < -0.4 is 10.2 Å². The summed E-state index contributed by atoms with van der Waals surface area (Å²) in [6, 6.07) is 0. The van der Waals surface area contributed by atoms with Crippen LogP contribution in [0.5, 0.6) is 0 Å². The van der Waals surface area contributed by atoms with Crippen LogP contribution in [0.25, 0.3) is 0 Å². The Kier molecular flexibility index (Phi) is 5.76. The number of nitrogens with zero attached hydrogens (tertiary/aromatic N) is 4. The molecule has 1 saturated carbocycles. The molecule has 0 atom stereocenters. The van der Waals surface area contributed by atoms with E-state index in [0.29, 0.717) is 17.0 Å². The van der Waals surface area contributed by atoms with Crippen molar-refractivity contribution in [2.24, 2.45) is 5.92 Å². The summed E-state index contributed by atoms with van der Waals surface area (Å²) in [5.74, 6) is 1.73. The molecule has 6 nitrogen and oxygen atoms in total. The van der Waals surface area contributed by atoms with Crippen molar-refractivity contribution < 1.29 is 4.79 Å². The van der Waals surface area contributed by atoms with Gasteiger partial charge in [0.2, 0.25) is 5.91 Å². The minimum Gasteiger partial charge on any atom is -0.383 e. The molecule has 0 spiro atoms. The molecule has 0 bridgehead atoms. The SMILES string of the molecule is CNc1c(Cl)ncnc1N1CCN(C(=O)CC2CCCCC2)CC1. The van der Waals surface area contributed by atoms with Crippen molar-refractivity contribution in [2.45, 2.75) is 38.5 Å². The van der Waals surface area contributed by atoms with Gasteiger partial charge in [-0.3, -0.25) is 4.79 Å². The summed E-state index contributed by atoms with van der Waals surface area (Å²) in [4.78, 5) is 25.1. The van der Waals surface area contributed by atoms with E-state index in [1.54, 1.807) is 0 Å². The second-order valence-electron chi connectivity index (χ2n) is 6.69. The molecule has 1 N–H and O–H groups in total. The van der Waals surface area contributed by atoms with E-state index >= 15 is 0 Å². The monoisotopic (exact) mass is 351 g/mol. The number of aromatic nitrogens is 2. The molecule has 7 heteroatoms. The minimum absolute atomic E-state index is 0.316. The van der Waals surface area contributed by atoms with Crippen LogP contribution in [0, 0.1) is 5.92 Å². The third-order valence-electron chi connectivity index (χ3n) is 5.15. The molecule has 2 aliphatic rings. The molecule has 1 aromatic heterocycles. The zero-order chi connectivity index (χ0) is 16.9. The largest absolute Gasteiger partial charge is 0.383 e. The first kappa shape index (κ1) is 17.3. The van der Waals surface area contributed by atoms with Gasteiger partial charge in [-0.15, -0.1) is 0 Å². The van der Waals surface area contributed by atoms with E-state index in [9.17, 15) is 4.79 Å². The molecule has 1 amide bonds. The average molecular weight is 352 g/mol. The lowest BCUT2D eigenvalue weighted by molar-refractivity contribution is -0.132. The van der Waals surface area contributed by atoms with E-state index < -0.39 is 0 Å². The number of nitrogens with one attached hydrogen (secondary N) is 1. The highest BCUT2D eigenvalue weighted by atomic mass is 35.5. The maximum Gasteiger partial charge on any atom is 0.222 e. The summed E-state index contributed by atoms with van der Waals surface area (Å²) in [7, 11) is 1.82. The second kappa shape index (κ2) is 8.01. The molecule has 1 saturated heterocycles. The van der Waals surface area contributed by atoms with Gasteiger partial charge in [0.05, 0.1) is 0 Å². The third kappa shape index (κ3) is 3.91. The van der Waals surface area contributed by atoms with Gasteiger partial charge in [0, 0.05) is 39.6 Å². The fourth-order valence-corrected chi connectivity index (χ4v) is 3.97. The fraction of sp³-hybridized carbons (Fsp3) is 0.706. The van der Waals surface area contributed by atoms with Gasteiger partial charge in [0.15, 0.2) is 11.0 Å². The summed E-state index contributed by atoms with van der Waals surface area (Å²) in [6.45, 7) is 3.05. The number of hydrogen-bond acceptors (Lipinski definition) is 5. The van der Waals surface area contributed by atoms with Gasteiger partial charge < -0.3 is 15.1 Å². The quantitative estimate of drug-likeness (QED) is 0.845. The lowest BCUT2D eigenvalue weighted by atomic mass is 9.86. The maximum absolute atomic E-state index is 12.5. The first-order valence-electron chi connectivity index (χ1n) is 8.90. The topological polar surface area (TPSA) is 61.4 Å². The second-order valence-corrected chi connectivity index (χ2v) is 7.05. The smallest absolute Gasteiger partial charge is 0.222 e. The molecule has 2 fully saturated rings. The molecule has 1 aromatic rings. The number of rotatable bonds is 4. The van der Waals surface area contributed by atoms with Crippen molar-refractivity contribution in [2.75, 3.05) is 43.4 Å². The molecule has 1 aliphatic carbocycles. The van der Waals surface area contributed by atoms with Gasteiger partial charge >= 0.3 is 0 Å². The molecule has 0 unspecified atom stereocenters. The zero-order valence-electron chi connectivity index (χ0n) is 14.3. The normalized spacial score (nSPS) is 19.4. The number of piperazine rings is 1. The van der Waals surface area contributed by atoms with E-state index in [2.05, 4.69) is 20.2 Å². The van der Waals surface area contributed by atoms with Crippen LogP contribution >= 0.6 is 11.6 Å². The van der Waals surface area contributed by atoms with Crippen LogP contribution in [-0.2, 0) is 4.79 Å². The van der Waals surface area contributed by atoms with Crippen LogP contribution in [0.3, 0.4) is 0 Å². The number of halogens is 1. The van der Waals surface area contributed by atoms with Crippen LogP contribution in [0.1, 0.15) is 38.5 Å². The maximum atomic E-state index is 12.5. The first-order chi connectivity index (χ1) is 11.7. The Morgan fingerprint density at radius 3 is 2.58 bits per heavy atom. The molecule has 0 radical (unpaired) electrons. The Bertz CT molecular complexity index is 568. The van der Waals surface area contributed by atoms with Crippen molar-refractivity contribution >= 4 is 29.0 Å². The van der Waals surface area contributed by atoms with Gasteiger partial charge in [-0.25, -0.2) is 9.97 Å². The third-order valence-corrected chi connectivity index (χ3v) is 5.44. The molecule has 2 heterocycles. The summed E-state index contributed by atoms with van der Waals surface area (Å²) < 4.78 is 0. The fourth-order valence-electron chi connectivity index (χ4n) is 3.75. The van der Waals surface area contributed by atoms with E-state index in [1.165, 1.54) is 38.4 Å². The summed E-state index contributed by atoms with van der Waals surface area (Å²) in [6.07, 6.45) is 8.55. The highest BCUT2D eigenvalue weighted by Crippen LogP contribution is 2.30. The molecule has 132 valence electrons. The van der Waals surface area contributed by atoms with E-state index in [4.69, 9.17) is 11.6 Å². The predicted octanol–water partition coefficient (Wildman–Crippen LogP) is 2.79. The van der Waals surface area contributed by atoms with E-state index in [0.717, 1.165) is 44.1 Å². The molecule has 3 rings (SSSR count). The zero-order valence-corrected chi connectivity index (χ0v) is 15.1. The number of carbonyl (C=O) groups excluding carboxylic acids is 1. The van der Waals surface area contributed by atoms with Crippen molar-refractivity contribution in [1.82, 2.24) is 14.9 Å². The average Bonchev–Trinajstić information content (AvgIpc) is 2.62. The summed E-state index contributed by atoms with van der Waals surface area (Å²) in [5, 5.41) is 3.50. The Labute approximate surface area is 148 Å². The first-order valence-corrected chi connectivity index (χ1v) is 9.28. The minimum atomic E-state index is 0.316. The summed E-state index contributed by atoms with van der Waals surface area (Å²) >= 11 is 6.13. The number of anilines is 2.